The fraction of sp³-hybridized carbons (Fsp3) is 0.148. The number of nitrogens with zero attached hydrogens (tertiary/aromatic N) is 5. The Kier molecular flexibility index (Phi) is 5.70. The predicted octanol–water partition coefficient (Wildman–Crippen LogP) is 3.98. The van der Waals surface area contributed by atoms with Crippen LogP contribution in [-0.4, -0.2) is 30.2 Å². The summed E-state index contributed by atoms with van der Waals surface area (Å²) >= 11 is 0. The second kappa shape index (κ2) is 8.98. The van der Waals surface area contributed by atoms with Gasteiger partial charge in [0.25, 0.3) is 11.5 Å². The first kappa shape index (κ1) is 22.2. The van der Waals surface area contributed by atoms with Gasteiger partial charge in [0.05, 0.1) is 23.3 Å². The van der Waals surface area contributed by atoms with Crippen LogP contribution in [0.3, 0.4) is 0 Å². The van der Waals surface area contributed by atoms with Crippen LogP contribution in [0.2, 0.25) is 0 Å². The molecule has 0 aliphatic rings. The molecular formula is C27H24N6O2. The summed E-state index contributed by atoms with van der Waals surface area (Å²) in [6.07, 6.45) is 6.68. The van der Waals surface area contributed by atoms with E-state index in [0.717, 1.165) is 16.5 Å². The quantitative estimate of drug-likeness (QED) is 0.425. The fourth-order valence-corrected chi connectivity index (χ4v) is 4.31. The summed E-state index contributed by atoms with van der Waals surface area (Å²) in [5, 5.41) is 8.65. The minimum atomic E-state index is -0.483. The highest BCUT2D eigenvalue weighted by atomic mass is 16.2. The van der Waals surface area contributed by atoms with Gasteiger partial charge >= 0.3 is 0 Å². The van der Waals surface area contributed by atoms with Crippen LogP contribution in [0.4, 0.5) is 0 Å². The Hall–Kier alpha value is -4.59. The zero-order valence-corrected chi connectivity index (χ0v) is 19.6. The molecule has 1 atom stereocenters. The number of carbonyl (C=O) groups is 1. The van der Waals surface area contributed by atoms with E-state index in [2.05, 4.69) is 20.4 Å². The van der Waals surface area contributed by atoms with E-state index in [1.807, 2.05) is 74.8 Å². The summed E-state index contributed by atoms with van der Waals surface area (Å²) in [6.45, 7) is 3.59. The van der Waals surface area contributed by atoms with Gasteiger partial charge in [-0.15, -0.1) is 0 Å². The molecule has 2 aromatic carbocycles. The van der Waals surface area contributed by atoms with Crippen LogP contribution in [0.25, 0.3) is 27.6 Å². The van der Waals surface area contributed by atoms with E-state index in [0.29, 0.717) is 22.5 Å². The van der Waals surface area contributed by atoms with Crippen LogP contribution in [0.1, 0.15) is 34.8 Å². The number of hydrogen-bond donors (Lipinski definition) is 1. The average molecular weight is 465 g/mol. The molecule has 0 bridgehead atoms. The summed E-state index contributed by atoms with van der Waals surface area (Å²) in [5.74, 6) is -0.348. The van der Waals surface area contributed by atoms with Gasteiger partial charge in [-0.1, -0.05) is 36.4 Å². The standard InChI is InChI=1S/C27H24N6O2/c1-17(31-26(34)25-18(2)28-12-13-29-25)23-14-19-8-7-11-22(20-15-30-32(3)16-20)24(19)27(35)33(23)21-9-5-4-6-10-21/h4-17H,1-3H3,(H,31,34)/t17-/m0/s1. The van der Waals surface area contributed by atoms with Crippen LogP contribution in [0.15, 0.2) is 84.2 Å². The third kappa shape index (κ3) is 4.10. The van der Waals surface area contributed by atoms with Gasteiger partial charge < -0.3 is 5.32 Å². The van der Waals surface area contributed by atoms with Crippen molar-refractivity contribution < 1.29 is 4.79 Å². The first-order valence-electron chi connectivity index (χ1n) is 11.3. The number of pyridine rings is 1. The lowest BCUT2D eigenvalue weighted by atomic mass is 9.99. The SMILES string of the molecule is Cc1nccnc1C(=O)N[C@@H](C)c1cc2cccc(-c3cnn(C)c3)c2c(=O)n1-c1ccccc1. The highest BCUT2D eigenvalue weighted by Crippen LogP contribution is 2.29. The maximum absolute atomic E-state index is 14.1. The molecule has 0 saturated heterocycles. The van der Waals surface area contributed by atoms with Crippen molar-refractivity contribution in [1.29, 1.82) is 0 Å². The van der Waals surface area contributed by atoms with Gasteiger partial charge in [0.2, 0.25) is 0 Å². The lowest BCUT2D eigenvalue weighted by Crippen LogP contribution is -2.33. The van der Waals surface area contributed by atoms with Gasteiger partial charge in [-0.2, -0.15) is 5.10 Å². The molecular weight excluding hydrogens is 440 g/mol. The monoisotopic (exact) mass is 464 g/mol. The number of nitrogens with one attached hydrogen (secondary N) is 1. The van der Waals surface area contributed by atoms with E-state index in [9.17, 15) is 9.59 Å². The fourth-order valence-electron chi connectivity index (χ4n) is 4.31. The van der Waals surface area contributed by atoms with Crippen molar-refractivity contribution in [2.45, 2.75) is 19.9 Å². The van der Waals surface area contributed by atoms with Crippen LogP contribution < -0.4 is 10.9 Å². The molecule has 3 heterocycles. The van der Waals surface area contributed by atoms with Gasteiger partial charge in [0, 0.05) is 42.6 Å². The van der Waals surface area contributed by atoms with E-state index in [4.69, 9.17) is 0 Å². The van der Waals surface area contributed by atoms with Crippen molar-refractivity contribution in [2.75, 3.05) is 0 Å². The molecule has 1 amide bonds. The third-order valence-corrected chi connectivity index (χ3v) is 5.99. The third-order valence-electron chi connectivity index (χ3n) is 5.99. The number of aromatic nitrogens is 5. The number of amides is 1. The molecule has 0 spiro atoms. The van der Waals surface area contributed by atoms with Crippen LogP contribution >= 0.6 is 0 Å². The van der Waals surface area contributed by atoms with E-state index in [1.54, 1.807) is 28.6 Å². The lowest BCUT2D eigenvalue weighted by Gasteiger charge is -2.21. The Balaban J connectivity index is 1.69. The van der Waals surface area contributed by atoms with E-state index in [1.165, 1.54) is 6.20 Å². The molecule has 3 aromatic heterocycles. The lowest BCUT2D eigenvalue weighted by molar-refractivity contribution is 0.0932. The van der Waals surface area contributed by atoms with Crippen molar-refractivity contribution in [1.82, 2.24) is 29.6 Å². The summed E-state index contributed by atoms with van der Waals surface area (Å²) in [5.41, 5.74) is 3.68. The molecule has 0 fully saturated rings. The van der Waals surface area contributed by atoms with Gasteiger partial charge in [-0.3, -0.25) is 23.8 Å². The zero-order valence-electron chi connectivity index (χ0n) is 19.6. The minimum Gasteiger partial charge on any atom is -0.343 e. The van der Waals surface area contributed by atoms with Crippen molar-refractivity contribution in [3.63, 3.8) is 0 Å². The topological polar surface area (TPSA) is 94.7 Å². The van der Waals surface area contributed by atoms with Crippen LogP contribution in [0, 0.1) is 6.92 Å². The molecule has 174 valence electrons. The molecule has 0 radical (unpaired) electrons. The Morgan fingerprint density at radius 3 is 2.51 bits per heavy atom. The Morgan fingerprint density at radius 1 is 1.03 bits per heavy atom. The van der Waals surface area contributed by atoms with Gasteiger partial charge in [0.1, 0.15) is 5.69 Å². The van der Waals surface area contributed by atoms with Crippen molar-refractivity contribution >= 4 is 16.7 Å². The summed E-state index contributed by atoms with van der Waals surface area (Å²) in [4.78, 5) is 35.4. The van der Waals surface area contributed by atoms with E-state index < -0.39 is 6.04 Å². The molecule has 8 nitrogen and oxygen atoms in total. The second-order valence-corrected chi connectivity index (χ2v) is 8.40. The Bertz CT molecular complexity index is 1600. The first-order chi connectivity index (χ1) is 16.9. The van der Waals surface area contributed by atoms with E-state index in [-0.39, 0.29) is 17.2 Å². The summed E-state index contributed by atoms with van der Waals surface area (Å²) < 4.78 is 3.38. The summed E-state index contributed by atoms with van der Waals surface area (Å²) in [7, 11) is 1.85. The van der Waals surface area contributed by atoms with E-state index >= 15 is 0 Å². The minimum absolute atomic E-state index is 0.167. The van der Waals surface area contributed by atoms with Gasteiger partial charge in [0.15, 0.2) is 0 Å². The highest BCUT2D eigenvalue weighted by Gasteiger charge is 2.21. The number of fused-ring (bicyclic) bond motifs is 1. The number of aryl methyl sites for hydroxylation is 2. The molecule has 0 aliphatic heterocycles. The molecule has 0 aliphatic carbocycles. The number of para-hydroxylation sites is 1. The normalized spacial score (nSPS) is 12.0. The maximum Gasteiger partial charge on any atom is 0.272 e. The molecule has 35 heavy (non-hydrogen) atoms. The molecule has 1 N–H and O–H groups in total. The first-order valence-corrected chi connectivity index (χ1v) is 11.3. The number of rotatable bonds is 5. The molecule has 5 aromatic rings. The Labute approximate surface area is 201 Å². The van der Waals surface area contributed by atoms with Crippen LogP contribution in [0.5, 0.6) is 0 Å². The largest absolute Gasteiger partial charge is 0.343 e. The molecule has 0 saturated carbocycles. The zero-order chi connectivity index (χ0) is 24.5. The van der Waals surface area contributed by atoms with Crippen molar-refractivity contribution in [3.8, 4) is 16.8 Å². The second-order valence-electron chi connectivity index (χ2n) is 8.40. The van der Waals surface area contributed by atoms with Crippen LogP contribution in [-0.2, 0) is 7.05 Å². The smallest absolute Gasteiger partial charge is 0.272 e. The number of carbonyl (C=O) groups excluding carboxylic acids is 1. The molecule has 8 heteroatoms. The van der Waals surface area contributed by atoms with Gasteiger partial charge in [-0.25, -0.2) is 4.98 Å². The summed E-state index contributed by atoms with van der Waals surface area (Å²) in [6, 6.07) is 16.7. The maximum atomic E-state index is 14.1. The van der Waals surface area contributed by atoms with Crippen molar-refractivity contribution in [3.05, 3.63) is 107 Å². The predicted molar refractivity (Wildman–Crippen MR) is 134 cm³/mol. The number of benzene rings is 2. The Morgan fingerprint density at radius 2 is 1.80 bits per heavy atom. The number of hydrogen-bond acceptors (Lipinski definition) is 5. The molecule has 0 unspecified atom stereocenters. The van der Waals surface area contributed by atoms with Gasteiger partial charge in [-0.05, 0) is 43.0 Å². The molecule has 5 rings (SSSR count). The van der Waals surface area contributed by atoms with Crippen molar-refractivity contribution in [2.24, 2.45) is 7.05 Å². The average Bonchev–Trinajstić information content (AvgIpc) is 3.30. The highest BCUT2D eigenvalue weighted by molar-refractivity contribution is 5.97.